The predicted octanol–water partition coefficient (Wildman–Crippen LogP) is 5.92. The second kappa shape index (κ2) is 8.22. The molecule has 0 unspecified atom stereocenters. The van der Waals surface area contributed by atoms with Gasteiger partial charge in [-0.3, -0.25) is 9.52 Å². The van der Waals surface area contributed by atoms with Crippen molar-refractivity contribution in [1.29, 1.82) is 0 Å². The predicted molar refractivity (Wildman–Crippen MR) is 146 cm³/mol. The van der Waals surface area contributed by atoms with E-state index in [0.717, 1.165) is 44.6 Å². The summed E-state index contributed by atoms with van der Waals surface area (Å²) in [5.74, 6) is 0.628. The van der Waals surface area contributed by atoms with Gasteiger partial charge in [0.15, 0.2) is 0 Å². The number of aromatic amines is 2. The first-order chi connectivity index (χ1) is 17.3. The number of H-pyrrole nitrogens is 2. The highest BCUT2D eigenvalue weighted by molar-refractivity contribution is 7.92. The summed E-state index contributed by atoms with van der Waals surface area (Å²) < 4.78 is 25.5. The summed E-state index contributed by atoms with van der Waals surface area (Å²) in [5.41, 5.74) is 4.35. The van der Waals surface area contributed by atoms with Crippen molar-refractivity contribution >= 4 is 59.9 Å². The number of benzene rings is 4. The average molecular weight is 515 g/mol. The number of fused-ring (bicyclic) bond motifs is 6. The number of halogens is 1. The molecule has 36 heavy (non-hydrogen) atoms. The Bertz CT molecular complexity index is 1980. The largest absolute Gasteiger partial charge is 0.337 e. The second-order valence-corrected chi connectivity index (χ2v) is 10.8. The molecule has 2 heterocycles. The Kier molecular flexibility index (Phi) is 5.10. The van der Waals surface area contributed by atoms with Gasteiger partial charge in [-0.2, -0.15) is 0 Å². The molecule has 0 aliphatic heterocycles. The molecule has 0 spiro atoms. The molecule has 178 valence electrons. The molecule has 3 N–H and O–H groups in total. The molecule has 0 fully saturated rings. The van der Waals surface area contributed by atoms with Crippen molar-refractivity contribution in [1.82, 2.24) is 15.0 Å². The first-order valence-corrected chi connectivity index (χ1v) is 13.4. The number of rotatable bonds is 4. The van der Waals surface area contributed by atoms with E-state index < -0.39 is 10.0 Å². The molecule has 0 bridgehead atoms. The number of pyridine rings is 1. The second-order valence-electron chi connectivity index (χ2n) is 8.60. The topological polar surface area (TPSA) is 108 Å². The van der Waals surface area contributed by atoms with E-state index in [1.807, 2.05) is 60.7 Å². The van der Waals surface area contributed by atoms with Gasteiger partial charge in [-0.25, -0.2) is 13.4 Å². The Hall–Kier alpha value is -4.14. The van der Waals surface area contributed by atoms with Gasteiger partial charge in [0.25, 0.3) is 5.56 Å². The highest BCUT2D eigenvalue weighted by Crippen LogP contribution is 2.37. The van der Waals surface area contributed by atoms with E-state index >= 15 is 0 Å². The Labute approximate surface area is 210 Å². The molecule has 0 saturated heterocycles. The van der Waals surface area contributed by atoms with Crippen molar-refractivity contribution in [2.75, 3.05) is 11.0 Å². The lowest BCUT2D eigenvalue weighted by atomic mass is 9.96. The molecule has 4 aromatic carbocycles. The number of aromatic nitrogens is 3. The van der Waals surface area contributed by atoms with Gasteiger partial charge in [0.05, 0.1) is 27.7 Å². The molecule has 2 aromatic heterocycles. The molecular weight excluding hydrogens is 496 g/mol. The van der Waals surface area contributed by atoms with Crippen LogP contribution in [0.4, 0.5) is 5.69 Å². The van der Waals surface area contributed by atoms with Gasteiger partial charge in [-0.1, -0.05) is 48.0 Å². The summed E-state index contributed by atoms with van der Waals surface area (Å²) in [4.78, 5) is 24.1. The number of nitrogens with one attached hydrogen (secondary N) is 3. The summed E-state index contributed by atoms with van der Waals surface area (Å²) in [7, 11) is -3.36. The zero-order valence-corrected chi connectivity index (χ0v) is 20.5. The highest BCUT2D eigenvalue weighted by atomic mass is 35.5. The quantitative estimate of drug-likeness (QED) is 0.254. The van der Waals surface area contributed by atoms with E-state index in [2.05, 4.69) is 14.7 Å². The molecule has 0 amide bonds. The van der Waals surface area contributed by atoms with Gasteiger partial charge in [-0.05, 0) is 52.9 Å². The lowest BCUT2D eigenvalue weighted by Crippen LogP contribution is -2.09. The zero-order chi connectivity index (χ0) is 25.0. The van der Waals surface area contributed by atoms with Crippen LogP contribution in [0.1, 0.15) is 0 Å². The Morgan fingerprint density at radius 2 is 1.64 bits per heavy atom. The summed E-state index contributed by atoms with van der Waals surface area (Å²) in [6.45, 7) is 0. The number of nitrogens with zero attached hydrogens (tertiary/aromatic N) is 1. The van der Waals surface area contributed by atoms with Crippen LogP contribution in [0.25, 0.3) is 55.1 Å². The van der Waals surface area contributed by atoms with Gasteiger partial charge in [0, 0.05) is 28.2 Å². The van der Waals surface area contributed by atoms with Crippen molar-refractivity contribution in [3.63, 3.8) is 0 Å². The van der Waals surface area contributed by atoms with Crippen molar-refractivity contribution < 1.29 is 8.42 Å². The molecule has 0 aliphatic rings. The Balaban J connectivity index is 1.59. The van der Waals surface area contributed by atoms with Crippen LogP contribution in [-0.2, 0) is 10.0 Å². The van der Waals surface area contributed by atoms with Crippen molar-refractivity contribution in [2.24, 2.45) is 0 Å². The van der Waals surface area contributed by atoms with Crippen LogP contribution < -0.4 is 10.3 Å². The Morgan fingerprint density at radius 3 is 2.39 bits per heavy atom. The van der Waals surface area contributed by atoms with E-state index in [-0.39, 0.29) is 5.56 Å². The summed E-state index contributed by atoms with van der Waals surface area (Å²) in [6, 6.07) is 22.3. The van der Waals surface area contributed by atoms with Gasteiger partial charge in [-0.15, -0.1) is 0 Å². The standard InChI is InChI=1S/C27H19ClN4O3S/c1-36(34,35)32-17-9-6-15(7-10-17)16-8-11-18-21(14-16)23-20(12-13-29-27(23)33)25-24(18)30-26(31-25)19-4-2-3-5-22(19)28/h2-14,32H,1H3,(H,29,33)(H,30,31). The number of sulfonamides is 1. The number of hydrogen-bond acceptors (Lipinski definition) is 4. The third-order valence-corrected chi connectivity index (χ3v) is 7.06. The SMILES string of the molecule is CS(=O)(=O)Nc1ccc(-c2ccc3c(c2)c2c(=O)[nH]ccc2c2nc(-c4ccccc4Cl)[nH]c32)cc1. The van der Waals surface area contributed by atoms with Crippen molar-refractivity contribution in [3.8, 4) is 22.5 Å². The third kappa shape index (κ3) is 3.80. The number of imidazole rings is 1. The Morgan fingerprint density at radius 1 is 0.889 bits per heavy atom. The van der Waals surface area contributed by atoms with Crippen LogP contribution in [0.2, 0.25) is 5.02 Å². The molecule has 0 saturated carbocycles. The van der Waals surface area contributed by atoms with E-state index in [4.69, 9.17) is 16.6 Å². The number of hydrogen-bond donors (Lipinski definition) is 3. The fraction of sp³-hybridized carbons (Fsp3) is 0.0370. The van der Waals surface area contributed by atoms with E-state index in [0.29, 0.717) is 27.4 Å². The molecule has 6 aromatic rings. The van der Waals surface area contributed by atoms with E-state index in [9.17, 15) is 13.2 Å². The maximum absolute atomic E-state index is 13.0. The summed E-state index contributed by atoms with van der Waals surface area (Å²) in [5, 5.41) is 3.51. The molecule has 0 atom stereocenters. The van der Waals surface area contributed by atoms with Crippen LogP contribution >= 0.6 is 11.6 Å². The zero-order valence-electron chi connectivity index (χ0n) is 19.0. The molecular formula is C27H19ClN4O3S. The fourth-order valence-electron chi connectivity index (χ4n) is 4.58. The minimum Gasteiger partial charge on any atom is -0.337 e. The minimum absolute atomic E-state index is 0.202. The van der Waals surface area contributed by atoms with Gasteiger partial charge in [0.1, 0.15) is 5.82 Å². The smallest absolute Gasteiger partial charge is 0.256 e. The van der Waals surface area contributed by atoms with Crippen LogP contribution in [0.5, 0.6) is 0 Å². The van der Waals surface area contributed by atoms with Crippen LogP contribution in [-0.4, -0.2) is 29.6 Å². The average Bonchev–Trinajstić information content (AvgIpc) is 3.29. The molecule has 9 heteroatoms. The van der Waals surface area contributed by atoms with Crippen LogP contribution in [0.15, 0.2) is 83.8 Å². The molecule has 0 radical (unpaired) electrons. The molecule has 0 aliphatic carbocycles. The number of anilines is 1. The van der Waals surface area contributed by atoms with Gasteiger partial charge >= 0.3 is 0 Å². The van der Waals surface area contributed by atoms with Gasteiger partial charge in [0.2, 0.25) is 10.0 Å². The van der Waals surface area contributed by atoms with Crippen LogP contribution in [0.3, 0.4) is 0 Å². The van der Waals surface area contributed by atoms with Crippen molar-refractivity contribution in [3.05, 3.63) is 94.4 Å². The lowest BCUT2D eigenvalue weighted by molar-refractivity contribution is 0.607. The van der Waals surface area contributed by atoms with E-state index in [1.165, 1.54) is 0 Å². The lowest BCUT2D eigenvalue weighted by Gasteiger charge is -2.09. The molecule has 6 rings (SSSR count). The molecule has 7 nitrogen and oxygen atoms in total. The minimum atomic E-state index is -3.36. The monoisotopic (exact) mass is 514 g/mol. The first-order valence-electron chi connectivity index (χ1n) is 11.1. The first kappa shape index (κ1) is 22.3. The van der Waals surface area contributed by atoms with Gasteiger partial charge < -0.3 is 9.97 Å². The highest BCUT2D eigenvalue weighted by Gasteiger charge is 2.17. The normalized spacial score (nSPS) is 11.9. The fourth-order valence-corrected chi connectivity index (χ4v) is 5.37. The summed E-state index contributed by atoms with van der Waals surface area (Å²) in [6.07, 6.45) is 2.73. The van der Waals surface area contributed by atoms with E-state index in [1.54, 1.807) is 18.3 Å². The van der Waals surface area contributed by atoms with Crippen molar-refractivity contribution in [2.45, 2.75) is 0 Å². The summed E-state index contributed by atoms with van der Waals surface area (Å²) >= 11 is 6.43. The maximum atomic E-state index is 13.0. The van der Waals surface area contributed by atoms with Crippen LogP contribution in [0, 0.1) is 0 Å². The maximum Gasteiger partial charge on any atom is 0.256 e. The third-order valence-electron chi connectivity index (χ3n) is 6.13.